The summed E-state index contributed by atoms with van der Waals surface area (Å²) >= 11 is 0. The SMILES string of the molecule is COC(=O)C1(C)NC(c2ccc(O)cc2)C2C(=O)N(c3ccccc3F)C(=O)C21. The number of carbonyl (C=O) groups excluding carboxylic acids is 3. The van der Waals surface area contributed by atoms with Crippen LogP contribution in [0.2, 0.25) is 0 Å². The van der Waals surface area contributed by atoms with Gasteiger partial charge in [-0.25, -0.2) is 9.29 Å². The second-order valence-electron chi connectivity index (χ2n) is 7.37. The molecule has 8 heteroatoms. The predicted octanol–water partition coefficient (Wildman–Crippen LogP) is 1.91. The summed E-state index contributed by atoms with van der Waals surface area (Å²) < 4.78 is 19.3. The predicted molar refractivity (Wildman–Crippen MR) is 100 cm³/mol. The molecule has 2 aromatic rings. The first-order valence-corrected chi connectivity index (χ1v) is 9.07. The van der Waals surface area contributed by atoms with E-state index in [2.05, 4.69) is 5.32 Å². The third-order valence-corrected chi connectivity index (χ3v) is 5.74. The Hall–Kier alpha value is -3.26. The van der Waals surface area contributed by atoms with Gasteiger partial charge in [-0.2, -0.15) is 0 Å². The molecule has 2 aromatic carbocycles. The number of ether oxygens (including phenoxy) is 1. The molecule has 4 unspecified atom stereocenters. The van der Waals surface area contributed by atoms with Crippen LogP contribution in [-0.2, 0) is 19.1 Å². The van der Waals surface area contributed by atoms with Gasteiger partial charge in [0.1, 0.15) is 17.1 Å². The first-order chi connectivity index (χ1) is 13.8. The van der Waals surface area contributed by atoms with Crippen LogP contribution in [0.5, 0.6) is 5.75 Å². The van der Waals surface area contributed by atoms with Crippen molar-refractivity contribution in [1.82, 2.24) is 5.32 Å². The number of fused-ring (bicyclic) bond motifs is 1. The number of phenols is 1. The highest BCUT2D eigenvalue weighted by molar-refractivity contribution is 6.24. The molecule has 0 aromatic heterocycles. The van der Waals surface area contributed by atoms with Gasteiger partial charge in [0.2, 0.25) is 11.8 Å². The van der Waals surface area contributed by atoms with E-state index in [1.165, 1.54) is 50.4 Å². The topological polar surface area (TPSA) is 95.9 Å². The molecular weight excluding hydrogens is 379 g/mol. The van der Waals surface area contributed by atoms with Crippen molar-refractivity contribution in [2.75, 3.05) is 12.0 Å². The zero-order valence-corrected chi connectivity index (χ0v) is 15.8. The van der Waals surface area contributed by atoms with Crippen molar-refractivity contribution in [3.63, 3.8) is 0 Å². The van der Waals surface area contributed by atoms with Gasteiger partial charge >= 0.3 is 5.97 Å². The molecule has 4 rings (SSSR count). The van der Waals surface area contributed by atoms with Crippen LogP contribution in [0.4, 0.5) is 10.1 Å². The number of hydrogen-bond donors (Lipinski definition) is 2. The van der Waals surface area contributed by atoms with Gasteiger partial charge in [-0.1, -0.05) is 24.3 Å². The van der Waals surface area contributed by atoms with Crippen molar-refractivity contribution in [2.24, 2.45) is 11.8 Å². The number of benzene rings is 2. The Morgan fingerprint density at radius 3 is 2.41 bits per heavy atom. The number of phenolic OH excluding ortho intramolecular Hbond substituents is 1. The van der Waals surface area contributed by atoms with Crippen molar-refractivity contribution < 1.29 is 28.6 Å². The van der Waals surface area contributed by atoms with Crippen LogP contribution in [0.25, 0.3) is 0 Å². The number of rotatable bonds is 3. The van der Waals surface area contributed by atoms with Crippen LogP contribution in [-0.4, -0.2) is 35.5 Å². The number of carbonyl (C=O) groups is 3. The zero-order valence-electron chi connectivity index (χ0n) is 15.8. The Balaban J connectivity index is 1.84. The summed E-state index contributed by atoms with van der Waals surface area (Å²) in [5.41, 5.74) is -1.01. The van der Waals surface area contributed by atoms with Gasteiger partial charge in [0.05, 0.1) is 24.6 Å². The number of esters is 1. The maximum Gasteiger partial charge on any atom is 0.326 e. The lowest BCUT2D eigenvalue weighted by Crippen LogP contribution is -2.54. The number of anilines is 1. The summed E-state index contributed by atoms with van der Waals surface area (Å²) in [7, 11) is 1.20. The van der Waals surface area contributed by atoms with E-state index in [4.69, 9.17) is 4.74 Å². The molecule has 29 heavy (non-hydrogen) atoms. The average molecular weight is 398 g/mol. The number of aromatic hydroxyl groups is 1. The van der Waals surface area contributed by atoms with E-state index < -0.39 is 47.0 Å². The van der Waals surface area contributed by atoms with E-state index >= 15 is 0 Å². The normalized spacial score (nSPS) is 28.5. The Kier molecular flexibility index (Phi) is 4.38. The third kappa shape index (κ3) is 2.71. The molecule has 2 N–H and O–H groups in total. The van der Waals surface area contributed by atoms with Crippen molar-refractivity contribution in [1.29, 1.82) is 0 Å². The van der Waals surface area contributed by atoms with Gasteiger partial charge in [0, 0.05) is 6.04 Å². The van der Waals surface area contributed by atoms with Gasteiger partial charge < -0.3 is 9.84 Å². The number of nitrogens with one attached hydrogen (secondary N) is 1. The number of para-hydroxylation sites is 1. The summed E-state index contributed by atoms with van der Waals surface area (Å²) in [6.45, 7) is 1.51. The smallest absolute Gasteiger partial charge is 0.326 e. The van der Waals surface area contributed by atoms with E-state index in [-0.39, 0.29) is 11.4 Å². The van der Waals surface area contributed by atoms with Gasteiger partial charge in [-0.05, 0) is 36.8 Å². The fourth-order valence-electron chi connectivity index (χ4n) is 4.38. The molecule has 150 valence electrons. The Labute approximate surface area is 166 Å². The number of nitrogens with zero attached hydrogens (tertiary/aromatic N) is 1. The highest BCUT2D eigenvalue weighted by Crippen LogP contribution is 2.50. The third-order valence-electron chi connectivity index (χ3n) is 5.74. The molecule has 0 spiro atoms. The first kappa shape index (κ1) is 19.1. The number of amides is 2. The monoisotopic (exact) mass is 398 g/mol. The molecule has 4 atom stereocenters. The second kappa shape index (κ2) is 6.66. The summed E-state index contributed by atoms with van der Waals surface area (Å²) in [5.74, 6) is -4.61. The maximum absolute atomic E-state index is 14.4. The number of hydrogen-bond acceptors (Lipinski definition) is 6. The van der Waals surface area contributed by atoms with Gasteiger partial charge in [-0.15, -0.1) is 0 Å². The van der Waals surface area contributed by atoms with Crippen LogP contribution in [0.15, 0.2) is 48.5 Å². The minimum absolute atomic E-state index is 0.0424. The Bertz CT molecular complexity index is 1010. The number of halogens is 1. The van der Waals surface area contributed by atoms with Crippen LogP contribution in [0.1, 0.15) is 18.5 Å². The lowest BCUT2D eigenvalue weighted by atomic mass is 9.80. The minimum atomic E-state index is -1.48. The van der Waals surface area contributed by atoms with Gasteiger partial charge in [0.15, 0.2) is 0 Å². The average Bonchev–Trinajstić information content (AvgIpc) is 3.17. The molecule has 7 nitrogen and oxygen atoms in total. The molecule has 0 radical (unpaired) electrons. The lowest BCUT2D eigenvalue weighted by molar-refractivity contribution is -0.151. The molecular formula is C21H19FN2O5. The van der Waals surface area contributed by atoms with E-state index in [0.29, 0.717) is 5.56 Å². The zero-order chi connectivity index (χ0) is 20.9. The molecule has 2 heterocycles. The highest BCUT2D eigenvalue weighted by Gasteiger charge is 2.67. The van der Waals surface area contributed by atoms with Crippen molar-refractivity contribution in [3.05, 3.63) is 59.9 Å². The molecule has 2 amide bonds. The van der Waals surface area contributed by atoms with Crippen LogP contribution >= 0.6 is 0 Å². The highest BCUT2D eigenvalue weighted by atomic mass is 19.1. The first-order valence-electron chi connectivity index (χ1n) is 9.07. The fourth-order valence-corrected chi connectivity index (χ4v) is 4.38. The van der Waals surface area contributed by atoms with E-state index in [1.807, 2.05) is 0 Å². The van der Waals surface area contributed by atoms with Crippen LogP contribution in [0, 0.1) is 17.7 Å². The standard InChI is InChI=1S/C21H19FN2O5/c1-21(20(28)29-2)16-15(17(23-21)11-7-9-12(25)10-8-11)18(26)24(19(16)27)14-6-4-3-5-13(14)22/h3-10,15-17,23,25H,1-2H3. The summed E-state index contributed by atoms with van der Waals surface area (Å²) in [6, 6.07) is 10.9. The Morgan fingerprint density at radius 1 is 1.14 bits per heavy atom. The molecule has 0 bridgehead atoms. The molecule has 0 saturated carbocycles. The van der Waals surface area contributed by atoms with Crippen LogP contribution < -0.4 is 10.2 Å². The molecule has 2 aliphatic heterocycles. The molecule has 2 saturated heterocycles. The van der Waals surface area contributed by atoms with Crippen molar-refractivity contribution >= 4 is 23.5 Å². The maximum atomic E-state index is 14.4. The van der Waals surface area contributed by atoms with Crippen molar-refractivity contribution in [2.45, 2.75) is 18.5 Å². The second-order valence-corrected chi connectivity index (χ2v) is 7.37. The van der Waals surface area contributed by atoms with E-state index in [9.17, 15) is 23.9 Å². The van der Waals surface area contributed by atoms with Crippen molar-refractivity contribution in [3.8, 4) is 5.75 Å². The van der Waals surface area contributed by atoms with Gasteiger partial charge in [-0.3, -0.25) is 19.7 Å². The van der Waals surface area contributed by atoms with Gasteiger partial charge in [0.25, 0.3) is 0 Å². The van der Waals surface area contributed by atoms with E-state index in [1.54, 1.807) is 12.1 Å². The fraction of sp³-hybridized carbons (Fsp3) is 0.286. The quantitative estimate of drug-likeness (QED) is 0.606. The molecule has 2 aliphatic rings. The number of imide groups is 1. The summed E-state index contributed by atoms with van der Waals surface area (Å²) in [5, 5.41) is 12.7. The largest absolute Gasteiger partial charge is 0.508 e. The minimum Gasteiger partial charge on any atom is -0.508 e. The molecule has 2 fully saturated rings. The van der Waals surface area contributed by atoms with Crippen LogP contribution in [0.3, 0.4) is 0 Å². The Morgan fingerprint density at radius 2 is 1.79 bits per heavy atom. The van der Waals surface area contributed by atoms with E-state index in [0.717, 1.165) is 4.90 Å². The molecule has 0 aliphatic carbocycles. The lowest BCUT2D eigenvalue weighted by Gasteiger charge is -2.28. The number of methoxy groups -OCH3 is 1. The summed E-state index contributed by atoms with van der Waals surface area (Å²) in [4.78, 5) is 40.0. The summed E-state index contributed by atoms with van der Waals surface area (Å²) in [6.07, 6.45) is 0.